The van der Waals surface area contributed by atoms with Gasteiger partial charge in [-0.15, -0.1) is 11.3 Å². The van der Waals surface area contributed by atoms with Crippen LogP contribution < -0.4 is 5.73 Å². The Morgan fingerprint density at radius 3 is 2.59 bits per heavy atom. The summed E-state index contributed by atoms with van der Waals surface area (Å²) in [6.07, 6.45) is 3.88. The first-order valence-corrected chi connectivity index (χ1v) is 6.76. The minimum atomic E-state index is 0.0476. The van der Waals surface area contributed by atoms with Crippen molar-refractivity contribution in [1.82, 2.24) is 4.98 Å². The van der Waals surface area contributed by atoms with Crippen LogP contribution in [0.5, 0.6) is 0 Å². The van der Waals surface area contributed by atoms with E-state index in [0.717, 1.165) is 24.1 Å². The zero-order chi connectivity index (χ0) is 12.3. The number of rotatable bonds is 4. The molecule has 0 aliphatic carbocycles. The minimum absolute atomic E-state index is 0.0476. The van der Waals surface area contributed by atoms with Crippen LogP contribution in [0, 0.1) is 6.92 Å². The summed E-state index contributed by atoms with van der Waals surface area (Å²) in [7, 11) is 0. The molecular formula is C14H18N2S. The highest BCUT2D eigenvalue weighted by molar-refractivity contribution is 7.11. The van der Waals surface area contributed by atoms with Gasteiger partial charge in [-0.1, -0.05) is 13.0 Å². The fourth-order valence-electron chi connectivity index (χ4n) is 1.76. The van der Waals surface area contributed by atoms with Crippen LogP contribution in [0.2, 0.25) is 0 Å². The second-order valence-electron chi connectivity index (χ2n) is 4.27. The molecule has 2 rings (SSSR count). The van der Waals surface area contributed by atoms with Gasteiger partial charge in [0.15, 0.2) is 0 Å². The van der Waals surface area contributed by atoms with Crippen LogP contribution in [-0.4, -0.2) is 4.98 Å². The second kappa shape index (κ2) is 5.43. The van der Waals surface area contributed by atoms with E-state index in [-0.39, 0.29) is 6.04 Å². The third-order valence-corrected chi connectivity index (χ3v) is 4.10. The molecule has 0 amide bonds. The Morgan fingerprint density at radius 1 is 1.24 bits per heavy atom. The number of hydrogen-bond acceptors (Lipinski definition) is 3. The average Bonchev–Trinajstić information content (AvgIpc) is 2.77. The van der Waals surface area contributed by atoms with E-state index in [1.165, 1.54) is 9.75 Å². The normalized spacial score (nSPS) is 12.6. The number of aromatic nitrogens is 1. The summed E-state index contributed by atoms with van der Waals surface area (Å²) in [5.74, 6) is 0. The van der Waals surface area contributed by atoms with Gasteiger partial charge in [0.2, 0.25) is 0 Å². The maximum atomic E-state index is 6.19. The lowest BCUT2D eigenvalue weighted by atomic mass is 10.1. The van der Waals surface area contributed by atoms with Gasteiger partial charge in [0.1, 0.15) is 0 Å². The molecule has 0 bridgehead atoms. The van der Waals surface area contributed by atoms with Crippen molar-refractivity contribution in [3.63, 3.8) is 0 Å². The van der Waals surface area contributed by atoms with Gasteiger partial charge in [0.25, 0.3) is 0 Å². The van der Waals surface area contributed by atoms with E-state index in [2.05, 4.69) is 30.1 Å². The number of pyridine rings is 1. The lowest BCUT2D eigenvalue weighted by molar-refractivity contribution is 0.725. The van der Waals surface area contributed by atoms with Crippen molar-refractivity contribution in [2.75, 3.05) is 0 Å². The van der Waals surface area contributed by atoms with Crippen LogP contribution in [0.1, 0.15) is 34.0 Å². The molecule has 0 aliphatic rings. The molecule has 1 atom stereocenters. The van der Waals surface area contributed by atoms with Crippen LogP contribution in [0.15, 0.2) is 30.5 Å². The highest BCUT2D eigenvalue weighted by atomic mass is 32.1. The largest absolute Gasteiger partial charge is 0.324 e. The molecule has 0 saturated carbocycles. The number of thiophene rings is 1. The first-order chi connectivity index (χ1) is 8.19. The van der Waals surface area contributed by atoms with E-state index in [0.29, 0.717) is 0 Å². The van der Waals surface area contributed by atoms with Gasteiger partial charge in [0.05, 0.1) is 0 Å². The molecule has 90 valence electrons. The van der Waals surface area contributed by atoms with Gasteiger partial charge in [-0.25, -0.2) is 0 Å². The third-order valence-electron chi connectivity index (χ3n) is 2.85. The summed E-state index contributed by atoms with van der Waals surface area (Å²) < 4.78 is 0. The summed E-state index contributed by atoms with van der Waals surface area (Å²) in [5, 5.41) is 0. The molecule has 1 unspecified atom stereocenters. The molecule has 0 saturated heterocycles. The van der Waals surface area contributed by atoms with Crippen molar-refractivity contribution < 1.29 is 0 Å². The van der Waals surface area contributed by atoms with Crippen molar-refractivity contribution in [3.05, 3.63) is 51.5 Å². The molecule has 2 aromatic heterocycles. The topological polar surface area (TPSA) is 38.9 Å². The molecule has 0 aliphatic heterocycles. The fraction of sp³-hybridized carbons (Fsp3) is 0.357. The molecule has 0 aromatic carbocycles. The highest BCUT2D eigenvalue weighted by Gasteiger charge is 2.09. The van der Waals surface area contributed by atoms with Crippen molar-refractivity contribution in [2.24, 2.45) is 5.73 Å². The van der Waals surface area contributed by atoms with E-state index in [9.17, 15) is 0 Å². The average molecular weight is 246 g/mol. The Hall–Kier alpha value is -1.19. The molecule has 0 fully saturated rings. The van der Waals surface area contributed by atoms with Crippen LogP contribution in [0.4, 0.5) is 0 Å². The van der Waals surface area contributed by atoms with Crippen molar-refractivity contribution in [3.8, 4) is 0 Å². The maximum absolute atomic E-state index is 6.19. The zero-order valence-corrected chi connectivity index (χ0v) is 11.1. The Kier molecular flexibility index (Phi) is 3.92. The van der Waals surface area contributed by atoms with Crippen LogP contribution in [0.3, 0.4) is 0 Å². The summed E-state index contributed by atoms with van der Waals surface area (Å²) in [6, 6.07) is 8.51. The van der Waals surface area contributed by atoms with E-state index in [4.69, 9.17) is 5.73 Å². The van der Waals surface area contributed by atoms with Gasteiger partial charge >= 0.3 is 0 Å². The lowest BCUT2D eigenvalue weighted by Gasteiger charge is -2.10. The molecule has 17 heavy (non-hydrogen) atoms. The lowest BCUT2D eigenvalue weighted by Crippen LogP contribution is -2.12. The van der Waals surface area contributed by atoms with E-state index in [1.807, 2.05) is 30.5 Å². The first-order valence-electron chi connectivity index (χ1n) is 5.94. The predicted molar refractivity (Wildman–Crippen MR) is 73.3 cm³/mol. The summed E-state index contributed by atoms with van der Waals surface area (Å²) in [4.78, 5) is 7.07. The van der Waals surface area contributed by atoms with Gasteiger partial charge in [-0.2, -0.15) is 0 Å². The monoisotopic (exact) mass is 246 g/mol. The Balaban J connectivity index is 2.05. The number of nitrogens with two attached hydrogens (primary N) is 1. The maximum Gasteiger partial charge on any atom is 0.0372 e. The molecule has 0 spiro atoms. The van der Waals surface area contributed by atoms with Gasteiger partial charge in [-0.3, -0.25) is 4.98 Å². The smallest absolute Gasteiger partial charge is 0.0372 e. The Bertz CT molecular complexity index is 473. The van der Waals surface area contributed by atoms with Gasteiger partial charge in [0, 0.05) is 34.1 Å². The molecule has 2 N–H and O–H groups in total. The van der Waals surface area contributed by atoms with Crippen LogP contribution in [-0.2, 0) is 12.8 Å². The van der Waals surface area contributed by atoms with E-state index < -0.39 is 0 Å². The number of aryl methyl sites for hydroxylation is 2. The molecular weight excluding hydrogens is 228 g/mol. The fourth-order valence-corrected chi connectivity index (χ4v) is 2.77. The van der Waals surface area contributed by atoms with Crippen LogP contribution >= 0.6 is 11.3 Å². The first kappa shape index (κ1) is 12.3. The molecule has 2 nitrogen and oxygen atoms in total. The number of nitrogens with zero attached hydrogens (tertiary/aromatic N) is 1. The van der Waals surface area contributed by atoms with E-state index in [1.54, 1.807) is 0 Å². The molecule has 0 radical (unpaired) electrons. The summed E-state index contributed by atoms with van der Waals surface area (Å²) in [5.41, 5.74) is 8.34. The minimum Gasteiger partial charge on any atom is -0.324 e. The highest BCUT2D eigenvalue weighted by Crippen LogP contribution is 2.22. The molecule has 3 heteroatoms. The summed E-state index contributed by atoms with van der Waals surface area (Å²) >= 11 is 1.86. The van der Waals surface area contributed by atoms with Crippen LogP contribution in [0.25, 0.3) is 0 Å². The number of hydrogen-bond donors (Lipinski definition) is 1. The standard InChI is InChI=1S/C14H18N2S/c1-3-12-6-7-13(17-12)8-14(15)11-5-4-10(2)16-9-11/h4-7,9,14H,3,8,15H2,1-2H3. The Morgan fingerprint density at radius 2 is 2.00 bits per heavy atom. The molecule has 2 aromatic rings. The van der Waals surface area contributed by atoms with E-state index >= 15 is 0 Å². The van der Waals surface area contributed by atoms with Gasteiger partial charge in [-0.05, 0) is 37.1 Å². The SMILES string of the molecule is CCc1ccc(CC(N)c2ccc(C)nc2)s1. The Labute approximate surface area is 107 Å². The third kappa shape index (κ3) is 3.14. The predicted octanol–water partition coefficient (Wildman–Crippen LogP) is 3.26. The quantitative estimate of drug-likeness (QED) is 0.899. The van der Waals surface area contributed by atoms with Crippen molar-refractivity contribution in [2.45, 2.75) is 32.7 Å². The summed E-state index contributed by atoms with van der Waals surface area (Å²) in [6.45, 7) is 4.17. The van der Waals surface area contributed by atoms with Crippen molar-refractivity contribution in [1.29, 1.82) is 0 Å². The van der Waals surface area contributed by atoms with Crippen molar-refractivity contribution >= 4 is 11.3 Å². The second-order valence-corrected chi connectivity index (χ2v) is 5.52. The zero-order valence-electron chi connectivity index (χ0n) is 10.3. The molecule has 2 heterocycles. The van der Waals surface area contributed by atoms with Gasteiger partial charge < -0.3 is 5.73 Å².